The molecule has 0 radical (unpaired) electrons. The third-order valence-electron chi connectivity index (χ3n) is 3.62. The number of nitriles is 1. The lowest BCUT2D eigenvalue weighted by molar-refractivity contribution is -0.384. The van der Waals surface area contributed by atoms with Crippen molar-refractivity contribution in [2.75, 3.05) is 11.9 Å². The lowest BCUT2D eigenvalue weighted by Gasteiger charge is -2.32. The van der Waals surface area contributed by atoms with Crippen LogP contribution in [-0.2, 0) is 4.79 Å². The van der Waals surface area contributed by atoms with Crippen molar-refractivity contribution in [3.63, 3.8) is 0 Å². The van der Waals surface area contributed by atoms with E-state index in [9.17, 15) is 14.9 Å². The standard InChI is InChI=1S/C15H18N4O3/c1-15(2,3)18-9-11(7-14(18)20)17-12-5-4-10(8-16)6-13(12)19(21)22/h4-6,11,17H,7,9H2,1-3H3. The van der Waals surface area contributed by atoms with E-state index in [0.29, 0.717) is 18.7 Å². The van der Waals surface area contributed by atoms with Gasteiger partial charge in [-0.1, -0.05) is 0 Å². The zero-order valence-electron chi connectivity index (χ0n) is 12.8. The van der Waals surface area contributed by atoms with E-state index < -0.39 is 4.92 Å². The van der Waals surface area contributed by atoms with Gasteiger partial charge in [-0.15, -0.1) is 0 Å². The summed E-state index contributed by atoms with van der Waals surface area (Å²) in [5, 5.41) is 23.0. The average molecular weight is 302 g/mol. The minimum atomic E-state index is -0.526. The molecule has 1 aliphatic rings. The topological polar surface area (TPSA) is 99.3 Å². The number of nitro benzene ring substituents is 1. The number of anilines is 1. The number of hydrogen-bond donors (Lipinski definition) is 1. The molecule has 1 unspecified atom stereocenters. The van der Waals surface area contributed by atoms with Crippen molar-refractivity contribution in [1.82, 2.24) is 4.90 Å². The summed E-state index contributed by atoms with van der Waals surface area (Å²) in [4.78, 5) is 24.4. The zero-order chi connectivity index (χ0) is 16.5. The summed E-state index contributed by atoms with van der Waals surface area (Å²) in [6.45, 7) is 6.37. The quantitative estimate of drug-likeness (QED) is 0.682. The Morgan fingerprint density at radius 1 is 1.45 bits per heavy atom. The molecule has 0 bridgehead atoms. The normalized spacial score (nSPS) is 18.2. The summed E-state index contributed by atoms with van der Waals surface area (Å²) in [5.74, 6) is 0.0290. The number of nitrogens with zero attached hydrogens (tertiary/aromatic N) is 3. The number of nitrogens with one attached hydrogen (secondary N) is 1. The molecular weight excluding hydrogens is 284 g/mol. The molecular formula is C15H18N4O3. The summed E-state index contributed by atoms with van der Waals surface area (Å²) in [6, 6.07) is 5.97. The Balaban J connectivity index is 2.21. The van der Waals surface area contributed by atoms with Crippen molar-refractivity contribution in [2.45, 2.75) is 38.8 Å². The van der Waals surface area contributed by atoms with Crippen LogP contribution in [0.3, 0.4) is 0 Å². The molecule has 7 nitrogen and oxygen atoms in total. The van der Waals surface area contributed by atoms with E-state index in [1.807, 2.05) is 26.8 Å². The molecule has 2 rings (SSSR count). The molecule has 116 valence electrons. The summed E-state index contributed by atoms with van der Waals surface area (Å²) < 4.78 is 0. The van der Waals surface area contributed by atoms with Crippen molar-refractivity contribution in [3.05, 3.63) is 33.9 Å². The van der Waals surface area contributed by atoms with E-state index >= 15 is 0 Å². The average Bonchev–Trinajstić information content (AvgIpc) is 2.79. The number of carbonyl (C=O) groups excluding carboxylic acids is 1. The highest BCUT2D eigenvalue weighted by Gasteiger charge is 2.36. The van der Waals surface area contributed by atoms with E-state index in [-0.39, 0.29) is 28.7 Å². The monoisotopic (exact) mass is 302 g/mol. The Morgan fingerprint density at radius 3 is 2.64 bits per heavy atom. The van der Waals surface area contributed by atoms with Gasteiger partial charge in [-0.3, -0.25) is 14.9 Å². The van der Waals surface area contributed by atoms with Crippen LogP contribution in [-0.4, -0.2) is 33.9 Å². The van der Waals surface area contributed by atoms with Gasteiger partial charge < -0.3 is 10.2 Å². The number of rotatable bonds is 3. The maximum Gasteiger partial charge on any atom is 0.293 e. The second-order valence-electron chi connectivity index (χ2n) is 6.32. The van der Waals surface area contributed by atoms with Crippen molar-refractivity contribution < 1.29 is 9.72 Å². The highest BCUT2D eigenvalue weighted by Crippen LogP contribution is 2.29. The van der Waals surface area contributed by atoms with Gasteiger partial charge in [-0.2, -0.15) is 5.26 Å². The minimum absolute atomic E-state index is 0.0290. The van der Waals surface area contributed by atoms with Gasteiger partial charge in [0.15, 0.2) is 0 Å². The van der Waals surface area contributed by atoms with Crippen LogP contribution in [0, 0.1) is 21.4 Å². The first kappa shape index (κ1) is 15.8. The Hall–Kier alpha value is -2.62. The van der Waals surface area contributed by atoms with Crippen LogP contribution < -0.4 is 5.32 Å². The molecule has 1 amide bonds. The molecule has 22 heavy (non-hydrogen) atoms. The molecule has 1 saturated heterocycles. The summed E-state index contributed by atoms with van der Waals surface area (Å²) in [7, 11) is 0. The van der Waals surface area contributed by atoms with Crippen LogP contribution in [0.15, 0.2) is 18.2 Å². The second kappa shape index (κ2) is 5.64. The van der Waals surface area contributed by atoms with Crippen LogP contribution in [0.25, 0.3) is 0 Å². The van der Waals surface area contributed by atoms with E-state index in [1.165, 1.54) is 18.2 Å². The molecule has 1 heterocycles. The Bertz CT molecular complexity index is 658. The van der Waals surface area contributed by atoms with E-state index in [0.717, 1.165) is 0 Å². The maximum absolute atomic E-state index is 12.0. The third kappa shape index (κ3) is 3.17. The van der Waals surface area contributed by atoms with Gasteiger partial charge in [0, 0.05) is 24.6 Å². The summed E-state index contributed by atoms with van der Waals surface area (Å²) >= 11 is 0. The lowest BCUT2D eigenvalue weighted by atomic mass is 10.1. The number of carbonyl (C=O) groups is 1. The first-order valence-electron chi connectivity index (χ1n) is 6.98. The van der Waals surface area contributed by atoms with Gasteiger partial charge in [0.25, 0.3) is 5.69 Å². The van der Waals surface area contributed by atoms with E-state index in [2.05, 4.69) is 5.32 Å². The van der Waals surface area contributed by atoms with E-state index in [1.54, 1.807) is 4.90 Å². The summed E-state index contributed by atoms with van der Waals surface area (Å²) in [5.41, 5.74) is 0.138. The SMILES string of the molecule is CC(C)(C)N1CC(Nc2ccc(C#N)cc2[N+](=O)[O-])CC1=O. The molecule has 0 aromatic heterocycles. The molecule has 1 aliphatic heterocycles. The van der Waals surface area contributed by atoms with Crippen molar-refractivity contribution in [2.24, 2.45) is 0 Å². The van der Waals surface area contributed by atoms with Crippen molar-refractivity contribution >= 4 is 17.3 Å². The number of amides is 1. The molecule has 1 N–H and O–H groups in total. The zero-order valence-corrected chi connectivity index (χ0v) is 12.8. The lowest BCUT2D eigenvalue weighted by Crippen LogP contribution is -2.43. The van der Waals surface area contributed by atoms with Crippen LogP contribution in [0.2, 0.25) is 0 Å². The predicted molar refractivity (Wildman–Crippen MR) is 81.3 cm³/mol. The van der Waals surface area contributed by atoms with Gasteiger partial charge in [-0.05, 0) is 32.9 Å². The van der Waals surface area contributed by atoms with Gasteiger partial charge in [0.1, 0.15) is 5.69 Å². The first-order chi connectivity index (χ1) is 10.2. The van der Waals surface area contributed by atoms with Gasteiger partial charge in [0.2, 0.25) is 5.91 Å². The number of nitro groups is 1. The number of hydrogen-bond acceptors (Lipinski definition) is 5. The minimum Gasteiger partial charge on any atom is -0.374 e. The molecule has 0 saturated carbocycles. The molecule has 7 heteroatoms. The fourth-order valence-corrected chi connectivity index (χ4v) is 2.55. The van der Waals surface area contributed by atoms with Crippen molar-refractivity contribution in [1.29, 1.82) is 5.26 Å². The van der Waals surface area contributed by atoms with Gasteiger partial charge >= 0.3 is 0 Å². The number of likely N-dealkylation sites (tertiary alicyclic amines) is 1. The molecule has 1 aromatic carbocycles. The first-order valence-corrected chi connectivity index (χ1v) is 6.98. The van der Waals surface area contributed by atoms with Crippen LogP contribution >= 0.6 is 0 Å². The van der Waals surface area contributed by atoms with E-state index in [4.69, 9.17) is 5.26 Å². The maximum atomic E-state index is 12.0. The molecule has 0 spiro atoms. The second-order valence-corrected chi connectivity index (χ2v) is 6.32. The van der Waals surface area contributed by atoms with Crippen LogP contribution in [0.4, 0.5) is 11.4 Å². The predicted octanol–water partition coefficient (Wildman–Crippen LogP) is 2.28. The molecule has 1 atom stereocenters. The van der Waals surface area contributed by atoms with Crippen LogP contribution in [0.1, 0.15) is 32.8 Å². The largest absolute Gasteiger partial charge is 0.374 e. The Labute approximate surface area is 128 Å². The highest BCUT2D eigenvalue weighted by atomic mass is 16.6. The van der Waals surface area contributed by atoms with Gasteiger partial charge in [-0.25, -0.2) is 0 Å². The number of benzene rings is 1. The molecule has 0 aliphatic carbocycles. The highest BCUT2D eigenvalue weighted by molar-refractivity contribution is 5.81. The van der Waals surface area contributed by atoms with Crippen molar-refractivity contribution in [3.8, 4) is 6.07 Å². The fraction of sp³-hybridized carbons (Fsp3) is 0.467. The smallest absolute Gasteiger partial charge is 0.293 e. The fourth-order valence-electron chi connectivity index (χ4n) is 2.55. The molecule has 1 aromatic rings. The Morgan fingerprint density at radius 2 is 2.14 bits per heavy atom. The van der Waals surface area contributed by atoms with Crippen LogP contribution in [0.5, 0.6) is 0 Å². The summed E-state index contributed by atoms with van der Waals surface area (Å²) in [6.07, 6.45) is 0.300. The Kier molecular flexibility index (Phi) is 4.04. The third-order valence-corrected chi connectivity index (χ3v) is 3.62. The molecule has 1 fully saturated rings. The van der Waals surface area contributed by atoms with Gasteiger partial charge in [0.05, 0.1) is 22.6 Å².